The van der Waals surface area contributed by atoms with E-state index in [-0.39, 0.29) is 13.2 Å². The standard InChI is InChI=1S/C9H9FN2O5S/c10-8-3-2-7(12(13)14)6-9(8)18(15,16)11-4-1-5-17-11/h2-3,6H,1,4-5H2. The molecule has 1 fully saturated rings. The van der Waals surface area contributed by atoms with Gasteiger partial charge >= 0.3 is 0 Å². The quantitative estimate of drug-likeness (QED) is 0.608. The second kappa shape index (κ2) is 4.59. The summed E-state index contributed by atoms with van der Waals surface area (Å²) in [5.41, 5.74) is -0.492. The molecule has 0 aliphatic carbocycles. The minimum absolute atomic E-state index is 0.102. The Labute approximate surface area is 102 Å². The molecule has 18 heavy (non-hydrogen) atoms. The van der Waals surface area contributed by atoms with Crippen LogP contribution in [0.25, 0.3) is 0 Å². The molecule has 9 heteroatoms. The highest BCUT2D eigenvalue weighted by Crippen LogP contribution is 2.25. The molecule has 1 aliphatic rings. The van der Waals surface area contributed by atoms with Gasteiger partial charge in [-0.1, -0.05) is 4.47 Å². The third-order valence-corrected chi connectivity index (χ3v) is 4.08. The van der Waals surface area contributed by atoms with Crippen molar-refractivity contribution in [3.63, 3.8) is 0 Å². The van der Waals surface area contributed by atoms with Crippen molar-refractivity contribution in [2.75, 3.05) is 13.2 Å². The second-order valence-corrected chi connectivity index (χ2v) is 5.39. The van der Waals surface area contributed by atoms with Gasteiger partial charge in [0.2, 0.25) is 0 Å². The summed E-state index contributed by atoms with van der Waals surface area (Å²) in [6.07, 6.45) is 0.496. The van der Waals surface area contributed by atoms with Crippen LogP contribution in [0.15, 0.2) is 23.1 Å². The van der Waals surface area contributed by atoms with Crippen molar-refractivity contribution in [2.45, 2.75) is 11.3 Å². The van der Waals surface area contributed by atoms with E-state index in [9.17, 15) is 22.9 Å². The fourth-order valence-electron chi connectivity index (χ4n) is 1.53. The number of hydrogen-bond donors (Lipinski definition) is 0. The average Bonchev–Trinajstić information content (AvgIpc) is 2.82. The summed E-state index contributed by atoms with van der Waals surface area (Å²) in [6, 6.07) is 2.34. The summed E-state index contributed by atoms with van der Waals surface area (Å²) in [6.45, 7) is 0.320. The Hall–Kier alpha value is -1.58. The van der Waals surface area contributed by atoms with E-state index in [0.29, 0.717) is 17.0 Å². The Kier molecular flexibility index (Phi) is 3.28. The fourth-order valence-corrected chi connectivity index (χ4v) is 2.91. The number of hydroxylamine groups is 1. The largest absolute Gasteiger partial charge is 0.284 e. The normalized spacial score (nSPS) is 16.9. The first-order valence-electron chi connectivity index (χ1n) is 5.02. The zero-order valence-electron chi connectivity index (χ0n) is 9.08. The lowest BCUT2D eigenvalue weighted by atomic mass is 10.3. The Morgan fingerprint density at radius 3 is 2.72 bits per heavy atom. The maximum atomic E-state index is 13.5. The lowest BCUT2D eigenvalue weighted by molar-refractivity contribution is -0.385. The van der Waals surface area contributed by atoms with Crippen LogP contribution in [-0.2, 0) is 14.9 Å². The predicted molar refractivity (Wildman–Crippen MR) is 57.5 cm³/mol. The molecular weight excluding hydrogens is 267 g/mol. The highest BCUT2D eigenvalue weighted by atomic mass is 32.2. The molecule has 0 N–H and O–H groups in total. The van der Waals surface area contributed by atoms with Crippen LogP contribution in [0.5, 0.6) is 0 Å². The second-order valence-electron chi connectivity index (χ2n) is 3.59. The zero-order chi connectivity index (χ0) is 13.3. The van der Waals surface area contributed by atoms with Gasteiger partial charge in [-0.2, -0.15) is 0 Å². The number of nitrogens with zero attached hydrogens (tertiary/aromatic N) is 2. The highest BCUT2D eigenvalue weighted by Gasteiger charge is 2.32. The van der Waals surface area contributed by atoms with Gasteiger partial charge in [-0.25, -0.2) is 12.8 Å². The van der Waals surface area contributed by atoms with Crippen LogP contribution in [0.4, 0.5) is 10.1 Å². The molecule has 1 saturated heterocycles. The number of non-ortho nitro benzene ring substituents is 1. The minimum Gasteiger partial charge on any atom is -0.284 e. The van der Waals surface area contributed by atoms with E-state index in [0.717, 1.165) is 12.1 Å². The lowest BCUT2D eigenvalue weighted by Gasteiger charge is -2.14. The topological polar surface area (TPSA) is 89.8 Å². The Morgan fingerprint density at radius 1 is 1.44 bits per heavy atom. The van der Waals surface area contributed by atoms with E-state index < -0.39 is 31.3 Å². The van der Waals surface area contributed by atoms with E-state index in [4.69, 9.17) is 4.84 Å². The molecule has 0 radical (unpaired) electrons. The van der Waals surface area contributed by atoms with Crippen molar-refractivity contribution in [1.29, 1.82) is 0 Å². The third kappa shape index (κ3) is 2.19. The van der Waals surface area contributed by atoms with Gasteiger partial charge in [-0.15, -0.1) is 0 Å². The zero-order valence-corrected chi connectivity index (χ0v) is 9.89. The van der Waals surface area contributed by atoms with E-state index in [1.807, 2.05) is 0 Å². The molecule has 1 aromatic carbocycles. The Balaban J connectivity index is 2.49. The molecule has 0 amide bonds. The molecule has 0 bridgehead atoms. The monoisotopic (exact) mass is 276 g/mol. The number of halogens is 1. The van der Waals surface area contributed by atoms with Crippen LogP contribution in [-0.4, -0.2) is 31.0 Å². The summed E-state index contributed by atoms with van der Waals surface area (Å²) < 4.78 is 38.1. The SMILES string of the molecule is O=[N+]([O-])c1ccc(F)c(S(=O)(=O)N2CCCO2)c1. The smallest absolute Gasteiger partial charge is 0.270 e. The van der Waals surface area contributed by atoms with Gasteiger partial charge in [0.05, 0.1) is 11.5 Å². The minimum atomic E-state index is -4.19. The van der Waals surface area contributed by atoms with Crippen molar-refractivity contribution in [1.82, 2.24) is 4.47 Å². The molecule has 1 heterocycles. The predicted octanol–water partition coefficient (Wildman–Crippen LogP) is 1.06. The molecule has 98 valence electrons. The van der Waals surface area contributed by atoms with E-state index in [2.05, 4.69) is 0 Å². The van der Waals surface area contributed by atoms with Crippen LogP contribution in [0.2, 0.25) is 0 Å². The molecule has 1 aromatic rings. The Morgan fingerprint density at radius 2 is 2.17 bits per heavy atom. The molecule has 0 aromatic heterocycles. The molecule has 0 atom stereocenters. The van der Waals surface area contributed by atoms with Crippen LogP contribution in [0.3, 0.4) is 0 Å². The molecule has 0 spiro atoms. The van der Waals surface area contributed by atoms with Gasteiger partial charge in [0.25, 0.3) is 15.7 Å². The van der Waals surface area contributed by atoms with Crippen molar-refractivity contribution < 1.29 is 22.6 Å². The number of nitro groups is 1. The Bertz CT molecular complexity index is 583. The van der Waals surface area contributed by atoms with Gasteiger partial charge < -0.3 is 0 Å². The lowest BCUT2D eigenvalue weighted by Crippen LogP contribution is -2.27. The van der Waals surface area contributed by atoms with Gasteiger partial charge in [-0.05, 0) is 12.5 Å². The number of nitro benzene ring substituents is 1. The maximum Gasteiger partial charge on any atom is 0.270 e. The van der Waals surface area contributed by atoms with Crippen LogP contribution >= 0.6 is 0 Å². The van der Waals surface area contributed by atoms with Gasteiger partial charge in [-0.3, -0.25) is 15.0 Å². The first kappa shape index (κ1) is 12.9. The van der Waals surface area contributed by atoms with Crippen molar-refractivity contribution in [3.05, 3.63) is 34.1 Å². The van der Waals surface area contributed by atoms with Crippen LogP contribution in [0, 0.1) is 15.9 Å². The van der Waals surface area contributed by atoms with Crippen LogP contribution in [0.1, 0.15) is 6.42 Å². The van der Waals surface area contributed by atoms with Crippen molar-refractivity contribution in [2.24, 2.45) is 0 Å². The summed E-state index contributed by atoms with van der Waals surface area (Å²) >= 11 is 0. The molecule has 7 nitrogen and oxygen atoms in total. The van der Waals surface area contributed by atoms with Gasteiger partial charge in [0.1, 0.15) is 10.7 Å². The van der Waals surface area contributed by atoms with E-state index in [1.165, 1.54) is 0 Å². The molecule has 0 saturated carbocycles. The molecule has 2 rings (SSSR count). The first-order chi connectivity index (χ1) is 8.43. The summed E-state index contributed by atoms with van der Waals surface area (Å²) in [5.74, 6) is -1.05. The molecule has 0 unspecified atom stereocenters. The number of benzene rings is 1. The number of sulfonamides is 1. The summed E-state index contributed by atoms with van der Waals surface area (Å²) in [4.78, 5) is 13.9. The number of rotatable bonds is 3. The van der Waals surface area contributed by atoms with Crippen molar-refractivity contribution >= 4 is 15.7 Å². The van der Waals surface area contributed by atoms with Crippen LogP contribution < -0.4 is 0 Å². The fraction of sp³-hybridized carbons (Fsp3) is 0.333. The summed E-state index contributed by atoms with van der Waals surface area (Å²) in [5, 5.41) is 10.6. The highest BCUT2D eigenvalue weighted by molar-refractivity contribution is 7.89. The van der Waals surface area contributed by atoms with Gasteiger partial charge in [0.15, 0.2) is 0 Å². The van der Waals surface area contributed by atoms with Crippen molar-refractivity contribution in [3.8, 4) is 0 Å². The number of hydrogen-bond acceptors (Lipinski definition) is 5. The van der Waals surface area contributed by atoms with E-state index in [1.54, 1.807) is 0 Å². The van der Waals surface area contributed by atoms with E-state index >= 15 is 0 Å². The van der Waals surface area contributed by atoms with Gasteiger partial charge in [0, 0.05) is 18.7 Å². The summed E-state index contributed by atoms with van der Waals surface area (Å²) in [7, 11) is -4.19. The molecule has 1 aliphatic heterocycles. The molecular formula is C9H9FN2O5S. The third-order valence-electron chi connectivity index (χ3n) is 2.39. The first-order valence-corrected chi connectivity index (χ1v) is 6.46. The maximum absolute atomic E-state index is 13.5. The average molecular weight is 276 g/mol.